The van der Waals surface area contributed by atoms with E-state index >= 15 is 0 Å². The molecule has 0 unspecified atom stereocenters. The molecule has 0 saturated heterocycles. The summed E-state index contributed by atoms with van der Waals surface area (Å²) in [6.45, 7) is 0. The molecule has 0 spiro atoms. The Morgan fingerprint density at radius 2 is 1.71 bits per heavy atom. The van der Waals surface area contributed by atoms with Crippen LogP contribution in [0.25, 0.3) is 10.9 Å². The molecule has 0 atom stereocenters. The summed E-state index contributed by atoms with van der Waals surface area (Å²) >= 11 is 11.7. The molecule has 1 heterocycles. The fraction of sp³-hybridized carbons (Fsp3) is 0.0625. The van der Waals surface area contributed by atoms with Crippen LogP contribution < -0.4 is 10.3 Å². The summed E-state index contributed by atoms with van der Waals surface area (Å²) in [5, 5.41) is 1.18. The number of halogens is 2. The van der Waals surface area contributed by atoms with Gasteiger partial charge in [-0.3, -0.25) is 9.52 Å². The van der Waals surface area contributed by atoms with Gasteiger partial charge in [-0.1, -0.05) is 23.2 Å². The molecule has 0 amide bonds. The highest BCUT2D eigenvalue weighted by Gasteiger charge is 2.16. The highest BCUT2D eigenvalue weighted by atomic mass is 35.5. The van der Waals surface area contributed by atoms with Crippen molar-refractivity contribution in [2.24, 2.45) is 7.05 Å². The number of hydrogen-bond donors (Lipinski definition) is 1. The largest absolute Gasteiger partial charge is 0.311 e. The van der Waals surface area contributed by atoms with Gasteiger partial charge in [-0.25, -0.2) is 8.42 Å². The van der Waals surface area contributed by atoms with E-state index in [2.05, 4.69) is 4.72 Å². The van der Waals surface area contributed by atoms with Crippen LogP contribution in [0.4, 0.5) is 5.69 Å². The Kier molecular flexibility index (Phi) is 4.29. The molecule has 5 nitrogen and oxygen atoms in total. The van der Waals surface area contributed by atoms with Crippen LogP contribution in [0.15, 0.2) is 58.2 Å². The molecule has 0 radical (unpaired) electrons. The van der Waals surface area contributed by atoms with Crippen LogP contribution >= 0.6 is 23.2 Å². The van der Waals surface area contributed by atoms with E-state index < -0.39 is 10.0 Å². The molecule has 0 aliphatic heterocycles. The Bertz CT molecular complexity index is 1110. The summed E-state index contributed by atoms with van der Waals surface area (Å²) in [6.07, 6.45) is 0. The van der Waals surface area contributed by atoms with Gasteiger partial charge in [0.15, 0.2) is 0 Å². The topological polar surface area (TPSA) is 68.2 Å². The Hall–Kier alpha value is -2.02. The minimum atomic E-state index is -3.80. The standard InChI is InChI=1S/C16H12Cl2N2O3S/c1-20-15-6-3-11(8-10(15)2-7-16(20)21)19-24(22,23)12-4-5-13(17)14(18)9-12/h2-9,19H,1H3. The lowest BCUT2D eigenvalue weighted by Crippen LogP contribution is -2.16. The van der Waals surface area contributed by atoms with Gasteiger partial charge in [0.2, 0.25) is 0 Å². The first kappa shape index (κ1) is 16.8. The molecule has 0 fully saturated rings. The number of hydrogen-bond acceptors (Lipinski definition) is 3. The number of aryl methyl sites for hydroxylation is 1. The van der Waals surface area contributed by atoms with Crippen LogP contribution in [0, 0.1) is 0 Å². The van der Waals surface area contributed by atoms with Crippen molar-refractivity contribution in [2.75, 3.05) is 4.72 Å². The van der Waals surface area contributed by atoms with Gasteiger partial charge < -0.3 is 4.57 Å². The first-order chi connectivity index (χ1) is 11.3. The molecule has 24 heavy (non-hydrogen) atoms. The number of fused-ring (bicyclic) bond motifs is 1. The Labute approximate surface area is 148 Å². The van der Waals surface area contributed by atoms with Gasteiger partial charge >= 0.3 is 0 Å². The minimum Gasteiger partial charge on any atom is -0.311 e. The summed E-state index contributed by atoms with van der Waals surface area (Å²) in [5.74, 6) is 0. The zero-order valence-corrected chi connectivity index (χ0v) is 14.8. The number of aromatic nitrogens is 1. The second kappa shape index (κ2) is 6.12. The van der Waals surface area contributed by atoms with Crippen LogP contribution in [-0.2, 0) is 17.1 Å². The van der Waals surface area contributed by atoms with E-state index in [1.807, 2.05) is 0 Å². The number of benzene rings is 2. The second-order valence-electron chi connectivity index (χ2n) is 5.19. The maximum atomic E-state index is 12.5. The molecule has 3 rings (SSSR count). The van der Waals surface area contributed by atoms with Crippen molar-refractivity contribution in [3.8, 4) is 0 Å². The third kappa shape index (κ3) is 3.13. The van der Waals surface area contributed by atoms with E-state index in [-0.39, 0.29) is 20.5 Å². The van der Waals surface area contributed by atoms with E-state index in [0.717, 1.165) is 5.39 Å². The summed E-state index contributed by atoms with van der Waals surface area (Å²) in [5.41, 5.74) is 0.957. The fourth-order valence-electron chi connectivity index (χ4n) is 2.31. The molecular formula is C16H12Cl2N2O3S. The number of pyridine rings is 1. The molecular weight excluding hydrogens is 371 g/mol. The third-order valence-corrected chi connectivity index (χ3v) is 5.70. The molecule has 1 N–H and O–H groups in total. The van der Waals surface area contributed by atoms with Crippen molar-refractivity contribution in [1.29, 1.82) is 0 Å². The van der Waals surface area contributed by atoms with Crippen molar-refractivity contribution in [1.82, 2.24) is 4.57 Å². The molecule has 3 aromatic rings. The normalized spacial score (nSPS) is 11.6. The van der Waals surface area contributed by atoms with E-state index in [9.17, 15) is 13.2 Å². The SMILES string of the molecule is Cn1c(=O)ccc2cc(NS(=O)(=O)c3ccc(Cl)c(Cl)c3)ccc21. The maximum Gasteiger partial charge on any atom is 0.261 e. The van der Waals surface area contributed by atoms with E-state index in [1.54, 1.807) is 31.3 Å². The van der Waals surface area contributed by atoms with Crippen molar-refractivity contribution in [3.05, 3.63) is 68.9 Å². The number of rotatable bonds is 3. The summed E-state index contributed by atoms with van der Waals surface area (Å²) in [6, 6.07) is 12.1. The second-order valence-corrected chi connectivity index (χ2v) is 7.68. The van der Waals surface area contributed by atoms with E-state index in [4.69, 9.17) is 23.2 Å². The lowest BCUT2D eigenvalue weighted by atomic mass is 10.2. The van der Waals surface area contributed by atoms with Crippen LogP contribution in [0.3, 0.4) is 0 Å². The van der Waals surface area contributed by atoms with Crippen LogP contribution in [0.5, 0.6) is 0 Å². The average Bonchev–Trinajstić information content (AvgIpc) is 2.53. The van der Waals surface area contributed by atoms with Gasteiger partial charge in [0.1, 0.15) is 0 Å². The van der Waals surface area contributed by atoms with Gasteiger partial charge in [0, 0.05) is 24.2 Å². The fourth-order valence-corrected chi connectivity index (χ4v) is 3.74. The highest BCUT2D eigenvalue weighted by Crippen LogP contribution is 2.26. The van der Waals surface area contributed by atoms with Crippen LogP contribution in [0.2, 0.25) is 10.0 Å². The van der Waals surface area contributed by atoms with Gasteiger partial charge in [0.05, 0.1) is 20.5 Å². The highest BCUT2D eigenvalue weighted by molar-refractivity contribution is 7.92. The molecule has 8 heteroatoms. The number of nitrogens with one attached hydrogen (secondary N) is 1. The maximum absolute atomic E-state index is 12.5. The van der Waals surface area contributed by atoms with E-state index in [0.29, 0.717) is 11.2 Å². The smallest absolute Gasteiger partial charge is 0.261 e. The van der Waals surface area contributed by atoms with E-state index in [1.165, 1.54) is 28.8 Å². The van der Waals surface area contributed by atoms with Crippen LogP contribution in [0.1, 0.15) is 0 Å². The predicted octanol–water partition coefficient (Wildman–Crippen LogP) is 3.65. The summed E-state index contributed by atoms with van der Waals surface area (Å²) in [7, 11) is -2.14. The Balaban J connectivity index is 2.00. The number of nitrogens with zero attached hydrogens (tertiary/aromatic N) is 1. The van der Waals surface area contributed by atoms with Crippen LogP contribution in [-0.4, -0.2) is 13.0 Å². The molecule has 0 aliphatic carbocycles. The van der Waals surface area contributed by atoms with Crippen molar-refractivity contribution in [2.45, 2.75) is 4.90 Å². The summed E-state index contributed by atoms with van der Waals surface area (Å²) in [4.78, 5) is 11.6. The van der Waals surface area contributed by atoms with Gasteiger partial charge in [-0.05, 0) is 42.5 Å². The average molecular weight is 383 g/mol. The molecule has 2 aromatic carbocycles. The first-order valence-electron chi connectivity index (χ1n) is 6.85. The quantitative estimate of drug-likeness (QED) is 0.751. The zero-order valence-electron chi connectivity index (χ0n) is 12.5. The van der Waals surface area contributed by atoms with Crippen molar-refractivity contribution >= 4 is 49.8 Å². The van der Waals surface area contributed by atoms with Gasteiger partial charge in [0.25, 0.3) is 15.6 Å². The lowest BCUT2D eigenvalue weighted by Gasteiger charge is -2.11. The predicted molar refractivity (Wildman–Crippen MR) is 96.5 cm³/mol. The van der Waals surface area contributed by atoms with Crippen molar-refractivity contribution < 1.29 is 8.42 Å². The molecule has 124 valence electrons. The Morgan fingerprint density at radius 3 is 2.42 bits per heavy atom. The minimum absolute atomic E-state index is 0.0115. The molecule has 0 bridgehead atoms. The molecule has 0 aliphatic rings. The molecule has 1 aromatic heterocycles. The first-order valence-corrected chi connectivity index (χ1v) is 9.09. The molecule has 0 saturated carbocycles. The number of anilines is 1. The lowest BCUT2D eigenvalue weighted by molar-refractivity contribution is 0.601. The van der Waals surface area contributed by atoms with Gasteiger partial charge in [-0.2, -0.15) is 0 Å². The number of sulfonamides is 1. The zero-order chi connectivity index (χ0) is 17.5. The summed E-state index contributed by atoms with van der Waals surface area (Å²) < 4.78 is 28.9. The van der Waals surface area contributed by atoms with Crippen molar-refractivity contribution in [3.63, 3.8) is 0 Å². The van der Waals surface area contributed by atoms with Gasteiger partial charge in [-0.15, -0.1) is 0 Å². The Morgan fingerprint density at radius 1 is 0.958 bits per heavy atom. The third-order valence-electron chi connectivity index (χ3n) is 3.58. The monoisotopic (exact) mass is 382 g/mol.